The zero-order valence-corrected chi connectivity index (χ0v) is 10.2. The second kappa shape index (κ2) is 4.56. The van der Waals surface area contributed by atoms with Crippen LogP contribution >= 0.6 is 0 Å². The van der Waals surface area contributed by atoms with Gasteiger partial charge in [-0.05, 0) is 38.2 Å². The van der Waals surface area contributed by atoms with Gasteiger partial charge in [-0.3, -0.25) is 0 Å². The van der Waals surface area contributed by atoms with E-state index in [4.69, 9.17) is 5.73 Å². The fourth-order valence-corrected chi connectivity index (χ4v) is 2.02. The van der Waals surface area contributed by atoms with E-state index in [0.717, 1.165) is 12.5 Å². The molecule has 2 heteroatoms. The molecule has 1 saturated carbocycles. The average molecular weight is 218 g/mol. The second-order valence-corrected chi connectivity index (χ2v) is 5.60. The lowest BCUT2D eigenvalue weighted by molar-refractivity contribution is 0.399. The highest BCUT2D eigenvalue weighted by Crippen LogP contribution is 2.40. The molecule has 1 aliphatic carbocycles. The molecular formula is C14H22N2. The van der Waals surface area contributed by atoms with Gasteiger partial charge >= 0.3 is 0 Å². The number of nitrogens with one attached hydrogen (secondary N) is 1. The Balaban J connectivity index is 2.01. The first-order chi connectivity index (χ1) is 7.56. The largest absolute Gasteiger partial charge is 0.324 e. The Hall–Kier alpha value is -0.860. The van der Waals surface area contributed by atoms with Crippen molar-refractivity contribution >= 4 is 0 Å². The summed E-state index contributed by atoms with van der Waals surface area (Å²) in [5.41, 5.74) is 7.28. The van der Waals surface area contributed by atoms with Gasteiger partial charge < -0.3 is 11.1 Å². The summed E-state index contributed by atoms with van der Waals surface area (Å²) in [6, 6.07) is 11.2. The van der Waals surface area contributed by atoms with Crippen molar-refractivity contribution < 1.29 is 0 Å². The van der Waals surface area contributed by atoms with E-state index in [-0.39, 0.29) is 5.54 Å². The Labute approximate surface area is 98.2 Å². The maximum Gasteiger partial charge on any atom is 0.0349 e. The molecule has 1 atom stereocenters. The minimum Gasteiger partial charge on any atom is -0.324 e. The van der Waals surface area contributed by atoms with Crippen molar-refractivity contribution in [2.45, 2.75) is 38.3 Å². The molecule has 0 aromatic heterocycles. The molecule has 2 nitrogen and oxygen atoms in total. The van der Waals surface area contributed by atoms with Gasteiger partial charge in [-0.1, -0.05) is 30.3 Å². The van der Waals surface area contributed by atoms with Gasteiger partial charge in [-0.15, -0.1) is 0 Å². The molecule has 0 bridgehead atoms. The van der Waals surface area contributed by atoms with Crippen LogP contribution in [0.5, 0.6) is 0 Å². The molecule has 88 valence electrons. The summed E-state index contributed by atoms with van der Waals surface area (Å²) in [5, 5.41) is 3.61. The lowest BCUT2D eigenvalue weighted by atomic mass is 10.0. The molecule has 0 amide bonds. The van der Waals surface area contributed by atoms with Gasteiger partial charge in [0.2, 0.25) is 0 Å². The van der Waals surface area contributed by atoms with E-state index in [1.807, 2.05) is 0 Å². The summed E-state index contributed by atoms with van der Waals surface area (Å²) >= 11 is 0. The lowest BCUT2D eigenvalue weighted by Gasteiger charge is -2.25. The summed E-state index contributed by atoms with van der Waals surface area (Å²) < 4.78 is 0. The molecule has 1 fully saturated rings. The SMILES string of the molecule is CC(C)(N)CNC(c1ccccc1)C1CC1. The Bertz CT molecular complexity index is 322. The molecule has 2 rings (SSSR count). The quantitative estimate of drug-likeness (QED) is 0.796. The van der Waals surface area contributed by atoms with Gasteiger partial charge in [-0.25, -0.2) is 0 Å². The molecule has 0 radical (unpaired) electrons. The molecule has 16 heavy (non-hydrogen) atoms. The van der Waals surface area contributed by atoms with Crippen molar-refractivity contribution in [1.82, 2.24) is 5.32 Å². The monoisotopic (exact) mass is 218 g/mol. The Morgan fingerprint density at radius 3 is 2.44 bits per heavy atom. The van der Waals surface area contributed by atoms with Crippen LogP contribution < -0.4 is 11.1 Å². The Kier molecular flexibility index (Phi) is 3.31. The molecule has 1 aliphatic rings. The van der Waals surface area contributed by atoms with Gasteiger partial charge in [0.05, 0.1) is 0 Å². The van der Waals surface area contributed by atoms with Gasteiger partial charge in [0.15, 0.2) is 0 Å². The first kappa shape index (κ1) is 11.6. The molecular weight excluding hydrogens is 196 g/mol. The molecule has 0 saturated heterocycles. The highest BCUT2D eigenvalue weighted by molar-refractivity contribution is 5.21. The van der Waals surface area contributed by atoms with Crippen LogP contribution in [0.3, 0.4) is 0 Å². The van der Waals surface area contributed by atoms with Crippen LogP contribution in [-0.4, -0.2) is 12.1 Å². The van der Waals surface area contributed by atoms with Gasteiger partial charge in [0.1, 0.15) is 0 Å². The van der Waals surface area contributed by atoms with E-state index < -0.39 is 0 Å². The summed E-state index contributed by atoms with van der Waals surface area (Å²) in [4.78, 5) is 0. The zero-order chi connectivity index (χ0) is 11.6. The molecule has 1 aromatic carbocycles. The van der Waals surface area contributed by atoms with Crippen molar-refractivity contribution in [1.29, 1.82) is 0 Å². The number of nitrogens with two attached hydrogens (primary N) is 1. The minimum absolute atomic E-state index is 0.137. The third-order valence-corrected chi connectivity index (χ3v) is 3.03. The van der Waals surface area contributed by atoms with E-state index in [1.54, 1.807) is 0 Å². The third-order valence-electron chi connectivity index (χ3n) is 3.03. The topological polar surface area (TPSA) is 38.0 Å². The maximum absolute atomic E-state index is 6.02. The highest BCUT2D eigenvalue weighted by Gasteiger charge is 2.32. The number of hydrogen-bond acceptors (Lipinski definition) is 2. The van der Waals surface area contributed by atoms with E-state index in [9.17, 15) is 0 Å². The van der Waals surface area contributed by atoms with Crippen molar-refractivity contribution in [2.24, 2.45) is 11.7 Å². The Morgan fingerprint density at radius 1 is 1.31 bits per heavy atom. The smallest absolute Gasteiger partial charge is 0.0349 e. The van der Waals surface area contributed by atoms with Crippen molar-refractivity contribution in [2.75, 3.05) is 6.54 Å². The van der Waals surface area contributed by atoms with Crippen LogP contribution in [0, 0.1) is 5.92 Å². The number of rotatable bonds is 5. The molecule has 0 spiro atoms. The van der Waals surface area contributed by atoms with Gasteiger partial charge in [0, 0.05) is 18.1 Å². The van der Waals surface area contributed by atoms with E-state index in [0.29, 0.717) is 6.04 Å². The third kappa shape index (κ3) is 3.32. The second-order valence-electron chi connectivity index (χ2n) is 5.60. The molecule has 3 N–H and O–H groups in total. The number of benzene rings is 1. The molecule has 0 heterocycles. The molecule has 1 aromatic rings. The van der Waals surface area contributed by atoms with Crippen LogP contribution in [0.15, 0.2) is 30.3 Å². The number of hydrogen-bond donors (Lipinski definition) is 2. The van der Waals surface area contributed by atoms with Crippen LogP contribution in [0.25, 0.3) is 0 Å². The van der Waals surface area contributed by atoms with Crippen LogP contribution in [-0.2, 0) is 0 Å². The van der Waals surface area contributed by atoms with Crippen LogP contribution in [0.1, 0.15) is 38.3 Å². The van der Waals surface area contributed by atoms with Crippen LogP contribution in [0.2, 0.25) is 0 Å². The molecule has 0 aliphatic heterocycles. The van der Waals surface area contributed by atoms with Crippen LogP contribution in [0.4, 0.5) is 0 Å². The standard InChI is InChI=1S/C14H22N2/c1-14(2,15)10-16-13(12-8-9-12)11-6-4-3-5-7-11/h3-7,12-13,16H,8-10,15H2,1-2H3. The van der Waals surface area contributed by atoms with E-state index in [1.165, 1.54) is 18.4 Å². The van der Waals surface area contributed by atoms with E-state index >= 15 is 0 Å². The van der Waals surface area contributed by atoms with Crippen molar-refractivity contribution in [3.8, 4) is 0 Å². The van der Waals surface area contributed by atoms with Gasteiger partial charge in [-0.2, -0.15) is 0 Å². The molecule has 1 unspecified atom stereocenters. The summed E-state index contributed by atoms with van der Waals surface area (Å²) in [7, 11) is 0. The Morgan fingerprint density at radius 2 is 1.94 bits per heavy atom. The minimum atomic E-state index is -0.137. The lowest BCUT2D eigenvalue weighted by Crippen LogP contribution is -2.44. The normalized spacial score (nSPS) is 18.4. The fourth-order valence-electron chi connectivity index (χ4n) is 2.02. The first-order valence-corrected chi connectivity index (χ1v) is 6.13. The first-order valence-electron chi connectivity index (χ1n) is 6.13. The van der Waals surface area contributed by atoms with Gasteiger partial charge in [0.25, 0.3) is 0 Å². The van der Waals surface area contributed by atoms with E-state index in [2.05, 4.69) is 49.5 Å². The van der Waals surface area contributed by atoms with Crippen molar-refractivity contribution in [3.05, 3.63) is 35.9 Å². The predicted octanol–water partition coefficient (Wildman–Crippen LogP) is 2.46. The van der Waals surface area contributed by atoms with Crippen molar-refractivity contribution in [3.63, 3.8) is 0 Å². The zero-order valence-electron chi connectivity index (χ0n) is 10.2. The summed E-state index contributed by atoms with van der Waals surface area (Å²) in [6.07, 6.45) is 2.69. The summed E-state index contributed by atoms with van der Waals surface area (Å²) in [6.45, 7) is 4.99. The predicted molar refractivity (Wildman–Crippen MR) is 68.2 cm³/mol. The average Bonchev–Trinajstić information content (AvgIpc) is 3.02. The fraction of sp³-hybridized carbons (Fsp3) is 0.571. The maximum atomic E-state index is 6.02. The summed E-state index contributed by atoms with van der Waals surface area (Å²) in [5.74, 6) is 0.810. The highest BCUT2D eigenvalue weighted by atomic mass is 15.0.